The van der Waals surface area contributed by atoms with Crippen molar-refractivity contribution in [1.82, 2.24) is 0 Å². The quantitative estimate of drug-likeness (QED) is 0.480. The SMILES string of the molecule is CC(C)c1ccc2c(c1)C1c3ccccc3C2C2C(=O)N(c3ccc(Cl)cc3)C(=O)C12. The van der Waals surface area contributed by atoms with E-state index in [2.05, 4.69) is 44.2 Å². The first kappa shape index (κ1) is 18.8. The van der Waals surface area contributed by atoms with Gasteiger partial charge in [-0.1, -0.05) is 67.9 Å². The van der Waals surface area contributed by atoms with Crippen LogP contribution in [0.5, 0.6) is 0 Å². The Balaban J connectivity index is 1.56. The van der Waals surface area contributed by atoms with Crippen molar-refractivity contribution in [3.05, 3.63) is 99.6 Å². The minimum atomic E-state index is -0.363. The molecule has 4 unspecified atom stereocenters. The summed E-state index contributed by atoms with van der Waals surface area (Å²) in [6, 6.07) is 22.0. The summed E-state index contributed by atoms with van der Waals surface area (Å²) in [4.78, 5) is 28.8. The summed E-state index contributed by atoms with van der Waals surface area (Å²) in [5, 5.41) is 0.585. The fraction of sp³-hybridized carbons (Fsp3) is 0.259. The van der Waals surface area contributed by atoms with E-state index in [-0.39, 0.29) is 35.5 Å². The second-order valence-corrected chi connectivity index (χ2v) is 9.60. The van der Waals surface area contributed by atoms with Gasteiger partial charge in [-0.2, -0.15) is 0 Å². The number of hydrogen-bond donors (Lipinski definition) is 0. The molecule has 4 atom stereocenters. The average molecular weight is 428 g/mol. The molecule has 31 heavy (non-hydrogen) atoms. The highest BCUT2D eigenvalue weighted by Gasteiger charge is 2.61. The fourth-order valence-corrected chi connectivity index (χ4v) is 6.08. The lowest BCUT2D eigenvalue weighted by Crippen LogP contribution is -2.41. The summed E-state index contributed by atoms with van der Waals surface area (Å²) in [7, 11) is 0. The Morgan fingerprint density at radius 1 is 0.742 bits per heavy atom. The van der Waals surface area contributed by atoms with E-state index in [0.29, 0.717) is 16.6 Å². The maximum atomic E-state index is 13.7. The Morgan fingerprint density at radius 2 is 1.29 bits per heavy atom. The Morgan fingerprint density at radius 3 is 1.87 bits per heavy atom. The van der Waals surface area contributed by atoms with Gasteiger partial charge in [0.05, 0.1) is 17.5 Å². The molecule has 154 valence electrons. The molecule has 0 N–H and O–H groups in total. The van der Waals surface area contributed by atoms with Crippen molar-refractivity contribution < 1.29 is 9.59 Å². The van der Waals surface area contributed by atoms with Gasteiger partial charge in [0.15, 0.2) is 0 Å². The summed E-state index contributed by atoms with van der Waals surface area (Å²) < 4.78 is 0. The molecular formula is C27H22ClNO2. The van der Waals surface area contributed by atoms with Gasteiger partial charge in [-0.15, -0.1) is 0 Å². The van der Waals surface area contributed by atoms with Crippen LogP contribution in [0.3, 0.4) is 0 Å². The lowest BCUT2D eigenvalue weighted by molar-refractivity contribution is -0.122. The molecule has 3 aromatic rings. The van der Waals surface area contributed by atoms with E-state index in [1.165, 1.54) is 32.7 Å². The second kappa shape index (κ2) is 6.54. The zero-order valence-electron chi connectivity index (χ0n) is 17.4. The van der Waals surface area contributed by atoms with Crippen molar-refractivity contribution in [2.45, 2.75) is 31.6 Å². The Labute approximate surface area is 186 Å². The van der Waals surface area contributed by atoms with Crippen LogP contribution in [-0.2, 0) is 9.59 Å². The van der Waals surface area contributed by atoms with Gasteiger partial charge in [-0.25, -0.2) is 4.90 Å². The van der Waals surface area contributed by atoms with Gasteiger partial charge in [-0.05, 0) is 58.0 Å². The van der Waals surface area contributed by atoms with E-state index < -0.39 is 0 Å². The molecule has 4 heteroatoms. The summed E-state index contributed by atoms with van der Waals surface area (Å²) in [6.45, 7) is 4.37. The van der Waals surface area contributed by atoms with E-state index in [9.17, 15) is 9.59 Å². The molecule has 1 fully saturated rings. The molecule has 0 saturated carbocycles. The molecule has 1 aliphatic heterocycles. The molecule has 0 spiro atoms. The predicted molar refractivity (Wildman–Crippen MR) is 122 cm³/mol. The first-order chi connectivity index (χ1) is 15.0. The van der Waals surface area contributed by atoms with Gasteiger partial charge in [0.2, 0.25) is 11.8 Å². The van der Waals surface area contributed by atoms with Crippen molar-refractivity contribution in [1.29, 1.82) is 0 Å². The summed E-state index contributed by atoms with van der Waals surface area (Å²) >= 11 is 6.04. The third-order valence-electron chi connectivity index (χ3n) is 7.31. The molecule has 2 bridgehead atoms. The van der Waals surface area contributed by atoms with Crippen molar-refractivity contribution in [2.24, 2.45) is 11.8 Å². The number of nitrogens with zero attached hydrogens (tertiary/aromatic N) is 1. The van der Waals surface area contributed by atoms with E-state index >= 15 is 0 Å². The number of halogens is 1. The predicted octanol–water partition coefficient (Wildman–Crippen LogP) is 5.86. The molecule has 3 nitrogen and oxygen atoms in total. The monoisotopic (exact) mass is 427 g/mol. The first-order valence-corrected chi connectivity index (χ1v) is 11.2. The molecule has 1 saturated heterocycles. The molecule has 3 aliphatic carbocycles. The van der Waals surface area contributed by atoms with Crippen LogP contribution < -0.4 is 4.90 Å². The number of carbonyl (C=O) groups is 2. The number of amides is 2. The molecule has 4 aliphatic rings. The van der Waals surface area contributed by atoms with Crippen LogP contribution in [0.4, 0.5) is 5.69 Å². The lowest BCUT2D eigenvalue weighted by atomic mass is 9.54. The van der Waals surface area contributed by atoms with Crippen LogP contribution in [0.25, 0.3) is 0 Å². The van der Waals surface area contributed by atoms with Crippen molar-refractivity contribution in [3.63, 3.8) is 0 Å². The zero-order chi connectivity index (χ0) is 21.4. The molecule has 7 rings (SSSR count). The molecule has 1 heterocycles. The van der Waals surface area contributed by atoms with Crippen LogP contribution in [0.2, 0.25) is 5.02 Å². The maximum Gasteiger partial charge on any atom is 0.238 e. The van der Waals surface area contributed by atoms with Crippen molar-refractivity contribution >= 4 is 29.1 Å². The van der Waals surface area contributed by atoms with Crippen LogP contribution in [0.1, 0.15) is 59.4 Å². The van der Waals surface area contributed by atoms with Crippen molar-refractivity contribution in [3.8, 4) is 0 Å². The van der Waals surface area contributed by atoms with E-state index in [1.54, 1.807) is 24.3 Å². The average Bonchev–Trinajstić information content (AvgIpc) is 3.05. The summed E-state index contributed by atoms with van der Waals surface area (Å²) in [6.07, 6.45) is 0. The second-order valence-electron chi connectivity index (χ2n) is 9.17. The van der Waals surface area contributed by atoms with Gasteiger partial charge < -0.3 is 0 Å². The van der Waals surface area contributed by atoms with Gasteiger partial charge in [-0.3, -0.25) is 9.59 Å². The summed E-state index contributed by atoms with van der Waals surface area (Å²) in [5.74, 6) is -0.686. The number of rotatable bonds is 2. The van der Waals surface area contributed by atoms with Gasteiger partial charge in [0, 0.05) is 16.9 Å². The Hall–Kier alpha value is -2.91. The van der Waals surface area contributed by atoms with Crippen molar-refractivity contribution in [2.75, 3.05) is 4.90 Å². The van der Waals surface area contributed by atoms with E-state index in [4.69, 9.17) is 11.6 Å². The van der Waals surface area contributed by atoms with E-state index in [0.717, 1.165) is 0 Å². The molecule has 3 aromatic carbocycles. The Bertz CT molecular complexity index is 1250. The van der Waals surface area contributed by atoms with Crippen LogP contribution in [0.15, 0.2) is 66.7 Å². The van der Waals surface area contributed by atoms with Crippen LogP contribution >= 0.6 is 11.6 Å². The number of hydrogen-bond acceptors (Lipinski definition) is 2. The minimum absolute atomic E-state index is 0.0869. The maximum absolute atomic E-state index is 13.7. The lowest BCUT2D eigenvalue weighted by Gasteiger charge is -2.46. The van der Waals surface area contributed by atoms with Crippen LogP contribution in [0, 0.1) is 11.8 Å². The number of carbonyl (C=O) groups excluding carboxylic acids is 2. The first-order valence-electron chi connectivity index (χ1n) is 10.8. The highest BCUT2D eigenvalue weighted by atomic mass is 35.5. The molecule has 0 aromatic heterocycles. The number of imide groups is 1. The number of benzene rings is 3. The van der Waals surface area contributed by atoms with Crippen LogP contribution in [-0.4, -0.2) is 11.8 Å². The summed E-state index contributed by atoms with van der Waals surface area (Å²) in [5.41, 5.74) is 6.68. The molecule has 2 amide bonds. The van der Waals surface area contributed by atoms with Gasteiger partial charge in [0.25, 0.3) is 0 Å². The highest BCUT2D eigenvalue weighted by molar-refractivity contribution is 6.31. The minimum Gasteiger partial charge on any atom is -0.274 e. The Kier molecular flexibility index (Phi) is 3.97. The van der Waals surface area contributed by atoms with Gasteiger partial charge >= 0.3 is 0 Å². The smallest absolute Gasteiger partial charge is 0.238 e. The van der Waals surface area contributed by atoms with E-state index in [1.807, 2.05) is 12.1 Å². The largest absolute Gasteiger partial charge is 0.274 e. The third kappa shape index (κ3) is 2.47. The zero-order valence-corrected chi connectivity index (χ0v) is 18.1. The molecular weight excluding hydrogens is 406 g/mol. The molecule has 0 radical (unpaired) electrons. The number of anilines is 1. The highest BCUT2D eigenvalue weighted by Crippen LogP contribution is 2.61. The topological polar surface area (TPSA) is 37.4 Å². The van der Waals surface area contributed by atoms with Gasteiger partial charge in [0.1, 0.15) is 0 Å². The third-order valence-corrected chi connectivity index (χ3v) is 7.57. The fourth-order valence-electron chi connectivity index (χ4n) is 5.95. The standard InChI is InChI=1S/C27H22ClNO2/c1-14(2)15-7-12-20-21(13-15)23-19-6-4-3-5-18(19)22(20)24-25(23)27(31)29(26(24)30)17-10-8-16(28)9-11-17/h3-14,22-25H,1-2H3. The normalized spacial score (nSPS) is 25.6.